The van der Waals surface area contributed by atoms with Gasteiger partial charge in [0, 0.05) is 32.2 Å². The van der Waals surface area contributed by atoms with Gasteiger partial charge in [0.2, 0.25) is 0 Å². The Morgan fingerprint density at radius 3 is 2.27 bits per heavy atom. The van der Waals surface area contributed by atoms with Crippen molar-refractivity contribution in [1.82, 2.24) is 4.90 Å². The monoisotopic (exact) mass is 427 g/mol. The van der Waals surface area contributed by atoms with Gasteiger partial charge >= 0.3 is 6.18 Å². The van der Waals surface area contributed by atoms with Crippen molar-refractivity contribution in [3.05, 3.63) is 64.0 Å². The van der Waals surface area contributed by atoms with Crippen LogP contribution >= 0.6 is 0 Å². The third kappa shape index (κ3) is 4.97. The van der Waals surface area contributed by atoms with Gasteiger partial charge in [-0.2, -0.15) is 13.2 Å². The summed E-state index contributed by atoms with van der Waals surface area (Å²) < 4.78 is 56.7. The van der Waals surface area contributed by atoms with Crippen molar-refractivity contribution in [1.29, 1.82) is 0 Å². The molecule has 0 aliphatic carbocycles. The number of halogens is 4. The summed E-state index contributed by atoms with van der Waals surface area (Å²) in [5.74, 6) is -0.410. The molecule has 0 unspecified atom stereocenters. The number of rotatable bonds is 5. The summed E-state index contributed by atoms with van der Waals surface area (Å²) in [4.78, 5) is 25.8. The van der Waals surface area contributed by atoms with E-state index in [0.717, 1.165) is 12.1 Å². The maximum atomic E-state index is 12.9. The minimum Gasteiger partial charge on any atom is -0.484 e. The Morgan fingerprint density at radius 2 is 1.70 bits per heavy atom. The van der Waals surface area contributed by atoms with Gasteiger partial charge in [0.25, 0.3) is 11.6 Å². The zero-order valence-electron chi connectivity index (χ0n) is 15.6. The van der Waals surface area contributed by atoms with Gasteiger partial charge in [0.05, 0.1) is 10.5 Å². The molecule has 0 saturated carbocycles. The van der Waals surface area contributed by atoms with E-state index in [1.165, 1.54) is 29.2 Å². The quantitative estimate of drug-likeness (QED) is 0.415. The number of alkyl halides is 3. The fourth-order valence-corrected chi connectivity index (χ4v) is 3.08. The van der Waals surface area contributed by atoms with Crippen LogP contribution in [-0.4, -0.2) is 48.5 Å². The molecular weight excluding hydrogens is 410 g/mol. The van der Waals surface area contributed by atoms with E-state index in [0.29, 0.717) is 11.8 Å². The number of nitro groups is 1. The second-order valence-corrected chi connectivity index (χ2v) is 6.57. The largest absolute Gasteiger partial charge is 0.484 e. The van der Waals surface area contributed by atoms with Crippen molar-refractivity contribution in [3.8, 4) is 5.75 Å². The average Bonchev–Trinajstić information content (AvgIpc) is 2.72. The van der Waals surface area contributed by atoms with E-state index in [1.807, 2.05) is 0 Å². The molecule has 7 nitrogen and oxygen atoms in total. The maximum Gasteiger partial charge on any atom is 0.416 e. The van der Waals surface area contributed by atoms with Crippen LogP contribution in [0.2, 0.25) is 0 Å². The Bertz CT molecular complexity index is 926. The van der Waals surface area contributed by atoms with E-state index in [-0.39, 0.29) is 44.4 Å². The van der Waals surface area contributed by atoms with Crippen molar-refractivity contribution in [2.75, 3.05) is 37.7 Å². The molecule has 11 heteroatoms. The number of carbonyl (C=O) groups is 1. The molecule has 1 amide bonds. The lowest BCUT2D eigenvalue weighted by molar-refractivity contribution is -0.384. The van der Waals surface area contributed by atoms with Gasteiger partial charge in [-0.05, 0) is 36.4 Å². The van der Waals surface area contributed by atoms with Gasteiger partial charge in [-0.25, -0.2) is 4.39 Å². The van der Waals surface area contributed by atoms with Gasteiger partial charge in [-0.3, -0.25) is 14.9 Å². The SMILES string of the molecule is O=C(COc1ccc(F)cc1)N1CCN(c2ccc(C(F)(F)F)cc2[N+](=O)[O-])CC1. The number of anilines is 1. The van der Waals surface area contributed by atoms with Crippen LogP contribution in [0.25, 0.3) is 0 Å². The lowest BCUT2D eigenvalue weighted by Crippen LogP contribution is -2.50. The van der Waals surface area contributed by atoms with E-state index in [9.17, 15) is 32.5 Å². The molecular formula is C19H17F4N3O4. The molecule has 1 saturated heterocycles. The van der Waals surface area contributed by atoms with Crippen LogP contribution in [0.1, 0.15) is 5.56 Å². The van der Waals surface area contributed by atoms with E-state index < -0.39 is 28.2 Å². The Kier molecular flexibility index (Phi) is 6.09. The van der Waals surface area contributed by atoms with E-state index in [1.54, 1.807) is 4.90 Å². The number of amides is 1. The van der Waals surface area contributed by atoms with Crippen molar-refractivity contribution < 1.29 is 32.0 Å². The molecule has 1 fully saturated rings. The molecule has 0 bridgehead atoms. The second kappa shape index (κ2) is 8.56. The molecule has 3 rings (SSSR count). The molecule has 2 aromatic rings. The molecule has 1 heterocycles. The first-order valence-corrected chi connectivity index (χ1v) is 8.92. The molecule has 0 spiro atoms. The number of carbonyl (C=O) groups excluding carboxylic acids is 1. The average molecular weight is 427 g/mol. The predicted molar refractivity (Wildman–Crippen MR) is 98.8 cm³/mol. The van der Waals surface area contributed by atoms with Crippen LogP contribution in [0.15, 0.2) is 42.5 Å². The summed E-state index contributed by atoms with van der Waals surface area (Å²) in [5, 5.41) is 11.3. The van der Waals surface area contributed by atoms with Gasteiger partial charge in [-0.15, -0.1) is 0 Å². The van der Waals surface area contributed by atoms with Crippen molar-refractivity contribution in [3.63, 3.8) is 0 Å². The number of ether oxygens (including phenoxy) is 1. The number of piperazine rings is 1. The van der Waals surface area contributed by atoms with Gasteiger partial charge in [-0.1, -0.05) is 0 Å². The number of nitrogens with zero attached hydrogens (tertiary/aromatic N) is 3. The standard InChI is InChI=1S/C19H17F4N3O4/c20-14-2-4-15(5-3-14)30-12-18(27)25-9-7-24(8-10-25)16-6-1-13(19(21,22)23)11-17(16)26(28)29/h1-6,11H,7-10,12H2. The molecule has 2 aromatic carbocycles. The summed E-state index contributed by atoms with van der Waals surface area (Å²) in [6, 6.07) is 7.59. The topological polar surface area (TPSA) is 75.9 Å². The highest BCUT2D eigenvalue weighted by molar-refractivity contribution is 5.78. The zero-order chi connectivity index (χ0) is 21.9. The molecule has 0 radical (unpaired) electrons. The summed E-state index contributed by atoms with van der Waals surface area (Å²) >= 11 is 0. The van der Waals surface area contributed by atoms with Crippen molar-refractivity contribution >= 4 is 17.3 Å². The van der Waals surface area contributed by atoms with Crippen LogP contribution in [0.3, 0.4) is 0 Å². The van der Waals surface area contributed by atoms with Crippen LogP contribution in [-0.2, 0) is 11.0 Å². The first-order chi connectivity index (χ1) is 14.1. The fourth-order valence-electron chi connectivity index (χ4n) is 3.08. The van der Waals surface area contributed by atoms with Crippen LogP contribution in [0, 0.1) is 15.9 Å². The zero-order valence-corrected chi connectivity index (χ0v) is 15.6. The van der Waals surface area contributed by atoms with Crippen molar-refractivity contribution in [2.45, 2.75) is 6.18 Å². The molecule has 30 heavy (non-hydrogen) atoms. The highest BCUT2D eigenvalue weighted by Crippen LogP contribution is 2.36. The smallest absolute Gasteiger partial charge is 0.416 e. The number of hydrogen-bond donors (Lipinski definition) is 0. The van der Waals surface area contributed by atoms with Gasteiger partial charge < -0.3 is 14.5 Å². The minimum absolute atomic E-state index is 0.0719. The first kappa shape index (κ1) is 21.3. The molecule has 0 N–H and O–H groups in total. The highest BCUT2D eigenvalue weighted by Gasteiger charge is 2.34. The molecule has 0 atom stereocenters. The highest BCUT2D eigenvalue weighted by atomic mass is 19.4. The number of nitro benzene ring substituents is 1. The normalized spacial score (nSPS) is 14.5. The van der Waals surface area contributed by atoms with Crippen molar-refractivity contribution in [2.24, 2.45) is 0 Å². The lowest BCUT2D eigenvalue weighted by Gasteiger charge is -2.35. The molecule has 160 valence electrons. The number of hydrogen-bond acceptors (Lipinski definition) is 5. The molecule has 1 aliphatic heterocycles. The molecule has 1 aliphatic rings. The Balaban J connectivity index is 1.61. The Hall–Kier alpha value is -3.37. The third-order valence-corrected chi connectivity index (χ3v) is 4.65. The Labute approximate surface area is 168 Å². The predicted octanol–water partition coefficient (Wildman–Crippen LogP) is 3.48. The van der Waals surface area contributed by atoms with E-state index in [4.69, 9.17) is 4.74 Å². The van der Waals surface area contributed by atoms with E-state index >= 15 is 0 Å². The third-order valence-electron chi connectivity index (χ3n) is 4.65. The summed E-state index contributed by atoms with van der Waals surface area (Å²) in [5.41, 5.74) is -1.66. The minimum atomic E-state index is -4.68. The van der Waals surface area contributed by atoms with Gasteiger partial charge in [0.15, 0.2) is 6.61 Å². The second-order valence-electron chi connectivity index (χ2n) is 6.57. The van der Waals surface area contributed by atoms with Crippen LogP contribution in [0.4, 0.5) is 28.9 Å². The number of benzene rings is 2. The lowest BCUT2D eigenvalue weighted by atomic mass is 10.1. The maximum absolute atomic E-state index is 12.9. The fraction of sp³-hybridized carbons (Fsp3) is 0.316. The summed E-state index contributed by atoms with van der Waals surface area (Å²) in [6.07, 6.45) is -4.68. The van der Waals surface area contributed by atoms with E-state index in [2.05, 4.69) is 0 Å². The first-order valence-electron chi connectivity index (χ1n) is 8.92. The van der Waals surface area contributed by atoms with Crippen LogP contribution in [0.5, 0.6) is 5.75 Å². The molecule has 0 aromatic heterocycles. The Morgan fingerprint density at radius 1 is 1.07 bits per heavy atom. The summed E-state index contributed by atoms with van der Waals surface area (Å²) in [6.45, 7) is 0.628. The van der Waals surface area contributed by atoms with Gasteiger partial charge in [0.1, 0.15) is 17.3 Å². The van der Waals surface area contributed by atoms with Crippen LogP contribution < -0.4 is 9.64 Å². The summed E-state index contributed by atoms with van der Waals surface area (Å²) in [7, 11) is 0.